The van der Waals surface area contributed by atoms with Crippen molar-refractivity contribution in [1.82, 2.24) is 4.98 Å². The monoisotopic (exact) mass is 181 g/mol. The number of pyridine rings is 1. The summed E-state index contributed by atoms with van der Waals surface area (Å²) in [6.07, 6.45) is 3.44. The van der Waals surface area contributed by atoms with Crippen LogP contribution in [0.1, 0.15) is 5.56 Å². The minimum absolute atomic E-state index is 0.925. The number of aromatic nitrogens is 1. The van der Waals surface area contributed by atoms with E-state index in [1.807, 2.05) is 12.1 Å². The molecule has 0 unspecified atom stereocenters. The molecule has 0 aliphatic rings. The largest absolute Gasteiger partial charge is 0.263 e. The zero-order valence-corrected chi connectivity index (χ0v) is 6.22. The van der Waals surface area contributed by atoms with E-state index < -0.39 is 0 Å². The summed E-state index contributed by atoms with van der Waals surface area (Å²) >= 11 is 3.00. The average molecular weight is 182 g/mol. The van der Waals surface area contributed by atoms with Crippen molar-refractivity contribution in [2.45, 2.75) is 0 Å². The second kappa shape index (κ2) is 3.26. The predicted octanol–water partition coefficient (Wildman–Crippen LogP) is 1.79. The third-order valence-corrected chi connectivity index (χ3v) is 1.05. The molecule has 1 aromatic rings. The van der Waals surface area contributed by atoms with Gasteiger partial charge in [0.1, 0.15) is 0 Å². The van der Waals surface area contributed by atoms with Crippen LogP contribution in [-0.2, 0) is 0 Å². The Labute approximate surface area is 62.2 Å². The Kier molecular flexibility index (Phi) is 2.29. The van der Waals surface area contributed by atoms with Gasteiger partial charge in [-0.3, -0.25) is 4.98 Å². The Morgan fingerprint density at radius 1 is 1.56 bits per heavy atom. The minimum Gasteiger partial charge on any atom is -0.263 e. The Hall–Kier alpha value is -0.810. The van der Waals surface area contributed by atoms with Crippen molar-refractivity contribution in [3.05, 3.63) is 30.1 Å². The Morgan fingerprint density at radius 2 is 2.44 bits per heavy atom. The zero-order valence-electron chi connectivity index (χ0n) is 4.63. The van der Waals surface area contributed by atoms with E-state index in [1.165, 1.54) is 0 Å². The van der Waals surface area contributed by atoms with Gasteiger partial charge in [0.15, 0.2) is 0 Å². The van der Waals surface area contributed by atoms with Gasteiger partial charge in [-0.25, -0.2) is 0 Å². The molecule has 0 aliphatic heterocycles. The van der Waals surface area contributed by atoms with Crippen LogP contribution in [0.4, 0.5) is 0 Å². The summed E-state index contributed by atoms with van der Waals surface area (Å²) in [6.45, 7) is 0. The van der Waals surface area contributed by atoms with Crippen molar-refractivity contribution >= 4 is 15.9 Å². The first kappa shape index (κ1) is 6.31. The zero-order chi connectivity index (χ0) is 6.53. The molecule has 0 saturated heterocycles. The molecule has 44 valence electrons. The molecule has 0 aromatic carbocycles. The van der Waals surface area contributed by atoms with Crippen LogP contribution in [-0.4, -0.2) is 4.98 Å². The molecule has 1 rings (SSSR count). The first-order chi connectivity index (χ1) is 4.43. The van der Waals surface area contributed by atoms with E-state index in [-0.39, 0.29) is 0 Å². The molecule has 2 heteroatoms. The summed E-state index contributed by atoms with van der Waals surface area (Å²) < 4.78 is 0. The standard InChI is InChI=1S/C7H4BrN/c8-4-3-7-2-1-5-9-6-7/h1-2,5-6H. The second-order valence-electron chi connectivity index (χ2n) is 1.46. The summed E-state index contributed by atoms with van der Waals surface area (Å²) in [5.74, 6) is 2.81. The molecule has 1 heterocycles. The SMILES string of the molecule is BrC#Cc1cccnc1. The van der Waals surface area contributed by atoms with Gasteiger partial charge in [-0.05, 0) is 17.0 Å². The van der Waals surface area contributed by atoms with E-state index in [0.29, 0.717) is 0 Å². The lowest BCUT2D eigenvalue weighted by molar-refractivity contribution is 1.31. The highest BCUT2D eigenvalue weighted by molar-refractivity contribution is 9.12. The molecule has 9 heavy (non-hydrogen) atoms. The molecule has 0 aliphatic carbocycles. The lowest BCUT2D eigenvalue weighted by Crippen LogP contribution is -1.72. The smallest absolute Gasteiger partial charge is 0.0437 e. The molecule has 0 N–H and O–H groups in total. The van der Waals surface area contributed by atoms with E-state index in [0.717, 1.165) is 5.56 Å². The van der Waals surface area contributed by atoms with Crippen molar-refractivity contribution in [3.63, 3.8) is 0 Å². The molecule has 0 spiro atoms. The van der Waals surface area contributed by atoms with Gasteiger partial charge in [0.05, 0.1) is 0 Å². The molecule has 1 aromatic heterocycles. The van der Waals surface area contributed by atoms with Crippen LogP contribution in [0.15, 0.2) is 24.5 Å². The highest BCUT2D eigenvalue weighted by atomic mass is 79.9. The lowest BCUT2D eigenvalue weighted by atomic mass is 10.3. The molecule has 1 nitrogen and oxygen atoms in total. The first-order valence-electron chi connectivity index (χ1n) is 2.45. The molecule has 0 saturated carbocycles. The van der Waals surface area contributed by atoms with Gasteiger partial charge in [-0.2, -0.15) is 0 Å². The van der Waals surface area contributed by atoms with Gasteiger partial charge in [-0.15, -0.1) is 0 Å². The van der Waals surface area contributed by atoms with Crippen molar-refractivity contribution in [2.24, 2.45) is 0 Å². The van der Waals surface area contributed by atoms with Crippen LogP contribution < -0.4 is 0 Å². The van der Waals surface area contributed by atoms with Gasteiger partial charge in [-0.1, -0.05) is 5.92 Å². The summed E-state index contributed by atoms with van der Waals surface area (Å²) in [6, 6.07) is 3.76. The molecular formula is C7H4BrN. The number of hydrogen-bond donors (Lipinski definition) is 0. The summed E-state index contributed by atoms with van der Waals surface area (Å²) in [7, 11) is 0. The Balaban J connectivity index is 2.94. The molecular weight excluding hydrogens is 178 g/mol. The van der Waals surface area contributed by atoms with Crippen molar-refractivity contribution < 1.29 is 0 Å². The van der Waals surface area contributed by atoms with Crippen LogP contribution in [0.25, 0.3) is 0 Å². The minimum atomic E-state index is 0.925. The van der Waals surface area contributed by atoms with E-state index in [4.69, 9.17) is 0 Å². The fourth-order valence-corrected chi connectivity index (χ4v) is 0.720. The second-order valence-corrected chi connectivity index (χ2v) is 1.86. The van der Waals surface area contributed by atoms with Crippen LogP contribution in [0.2, 0.25) is 0 Å². The van der Waals surface area contributed by atoms with Gasteiger partial charge in [0, 0.05) is 33.9 Å². The van der Waals surface area contributed by atoms with E-state index in [2.05, 4.69) is 31.7 Å². The molecule has 0 radical (unpaired) electrons. The van der Waals surface area contributed by atoms with Gasteiger partial charge in [0.25, 0.3) is 0 Å². The third-order valence-electron chi connectivity index (χ3n) is 0.853. The van der Waals surface area contributed by atoms with Crippen molar-refractivity contribution in [3.8, 4) is 10.8 Å². The predicted molar refractivity (Wildman–Crippen MR) is 40.0 cm³/mol. The third kappa shape index (κ3) is 1.87. The lowest BCUT2D eigenvalue weighted by Gasteiger charge is -1.82. The number of halogens is 1. The number of rotatable bonds is 0. The van der Waals surface area contributed by atoms with Crippen LogP contribution >= 0.6 is 15.9 Å². The number of hydrogen-bond acceptors (Lipinski definition) is 1. The normalized spacial score (nSPS) is 7.67. The van der Waals surface area contributed by atoms with Crippen molar-refractivity contribution in [1.29, 1.82) is 0 Å². The maximum atomic E-state index is 3.88. The summed E-state index contributed by atoms with van der Waals surface area (Å²) in [5, 5.41) is 0. The van der Waals surface area contributed by atoms with E-state index in [1.54, 1.807) is 12.4 Å². The molecule has 0 bridgehead atoms. The van der Waals surface area contributed by atoms with Crippen molar-refractivity contribution in [2.75, 3.05) is 0 Å². The summed E-state index contributed by atoms with van der Waals surface area (Å²) in [5.41, 5.74) is 0.925. The molecule has 0 amide bonds. The van der Waals surface area contributed by atoms with Gasteiger partial charge in [0.2, 0.25) is 0 Å². The van der Waals surface area contributed by atoms with Crippen LogP contribution in [0.5, 0.6) is 0 Å². The maximum Gasteiger partial charge on any atom is 0.0437 e. The van der Waals surface area contributed by atoms with Crippen LogP contribution in [0, 0.1) is 10.8 Å². The highest BCUT2D eigenvalue weighted by Gasteiger charge is 1.79. The quantitative estimate of drug-likeness (QED) is 0.557. The molecule has 0 fully saturated rings. The average Bonchev–Trinajstić information content (AvgIpc) is 1.91. The fraction of sp³-hybridized carbons (Fsp3) is 0. The van der Waals surface area contributed by atoms with Gasteiger partial charge >= 0.3 is 0 Å². The van der Waals surface area contributed by atoms with E-state index in [9.17, 15) is 0 Å². The fourth-order valence-electron chi connectivity index (χ4n) is 0.491. The van der Waals surface area contributed by atoms with E-state index >= 15 is 0 Å². The summed E-state index contributed by atoms with van der Waals surface area (Å²) in [4.78, 5) is 6.49. The number of nitrogens with zero attached hydrogens (tertiary/aromatic N) is 1. The molecule has 0 atom stereocenters. The maximum absolute atomic E-state index is 3.88. The topological polar surface area (TPSA) is 12.9 Å². The highest BCUT2D eigenvalue weighted by Crippen LogP contribution is 1.91. The first-order valence-corrected chi connectivity index (χ1v) is 3.24. The van der Waals surface area contributed by atoms with Crippen LogP contribution in [0.3, 0.4) is 0 Å². The Bertz CT molecular complexity index is 232. The van der Waals surface area contributed by atoms with Gasteiger partial charge < -0.3 is 0 Å². The Morgan fingerprint density at radius 3 is 3.00 bits per heavy atom.